The van der Waals surface area contributed by atoms with E-state index in [1.54, 1.807) is 12.0 Å². The molecule has 0 aromatic heterocycles. The molecule has 1 amide bonds. The lowest BCUT2D eigenvalue weighted by Crippen LogP contribution is -3.28. The van der Waals surface area contributed by atoms with Gasteiger partial charge in [-0.3, -0.25) is 4.79 Å². The number of quaternary nitrogens is 2. The molecule has 5 heteroatoms. The molecule has 1 saturated heterocycles. The predicted molar refractivity (Wildman–Crippen MR) is 108 cm³/mol. The molecule has 0 aliphatic carbocycles. The monoisotopic (exact) mass is 369 g/mol. The van der Waals surface area contributed by atoms with Gasteiger partial charge in [-0.05, 0) is 37.1 Å². The molecule has 27 heavy (non-hydrogen) atoms. The summed E-state index contributed by atoms with van der Waals surface area (Å²) in [5.74, 6) is 1.07. The minimum atomic E-state index is 0.107. The molecule has 2 aromatic rings. The molecule has 1 aliphatic heterocycles. The highest BCUT2D eigenvalue weighted by Gasteiger charge is 2.25. The number of aryl methyl sites for hydroxylation is 2. The molecule has 0 saturated carbocycles. The van der Waals surface area contributed by atoms with Crippen molar-refractivity contribution in [3.8, 4) is 5.75 Å². The first kappa shape index (κ1) is 19.4. The fourth-order valence-corrected chi connectivity index (χ4v) is 3.85. The van der Waals surface area contributed by atoms with E-state index in [0.29, 0.717) is 6.54 Å². The molecule has 2 aromatic carbocycles. The minimum absolute atomic E-state index is 0.107. The maximum absolute atomic E-state index is 12.5. The minimum Gasteiger partial charge on any atom is -0.496 e. The molecular formula is C22H31N3O2+2. The van der Waals surface area contributed by atoms with Crippen molar-refractivity contribution < 1.29 is 19.3 Å². The molecule has 0 atom stereocenters. The van der Waals surface area contributed by atoms with Crippen LogP contribution in [0.1, 0.15) is 16.7 Å². The highest BCUT2D eigenvalue weighted by Crippen LogP contribution is 2.19. The second-order valence-electron chi connectivity index (χ2n) is 7.48. The van der Waals surface area contributed by atoms with Gasteiger partial charge in [0.25, 0.3) is 5.91 Å². The molecule has 0 radical (unpaired) electrons. The van der Waals surface area contributed by atoms with Crippen LogP contribution >= 0.6 is 0 Å². The average Bonchev–Trinajstić information content (AvgIpc) is 2.67. The molecule has 1 aliphatic rings. The van der Waals surface area contributed by atoms with E-state index < -0.39 is 0 Å². The number of hydrogen-bond donors (Lipinski definition) is 3. The Balaban J connectivity index is 1.48. The van der Waals surface area contributed by atoms with Crippen LogP contribution in [-0.4, -0.2) is 45.7 Å². The Morgan fingerprint density at radius 3 is 2.26 bits per heavy atom. The molecule has 0 unspecified atom stereocenters. The van der Waals surface area contributed by atoms with Crippen molar-refractivity contribution in [1.82, 2.24) is 0 Å². The lowest BCUT2D eigenvalue weighted by molar-refractivity contribution is -1.02. The number of carbonyl (C=O) groups is 1. The number of rotatable bonds is 6. The largest absolute Gasteiger partial charge is 0.496 e. The summed E-state index contributed by atoms with van der Waals surface area (Å²) >= 11 is 0. The fraction of sp³-hybridized carbons (Fsp3) is 0.409. The van der Waals surface area contributed by atoms with Gasteiger partial charge in [-0.2, -0.15) is 0 Å². The van der Waals surface area contributed by atoms with E-state index in [2.05, 4.69) is 17.4 Å². The lowest BCUT2D eigenvalue weighted by Gasteiger charge is -2.29. The van der Waals surface area contributed by atoms with Crippen LogP contribution in [0.4, 0.5) is 5.69 Å². The van der Waals surface area contributed by atoms with E-state index in [9.17, 15) is 4.79 Å². The first-order valence-corrected chi connectivity index (χ1v) is 9.72. The maximum atomic E-state index is 12.5. The van der Waals surface area contributed by atoms with Crippen molar-refractivity contribution in [3.63, 3.8) is 0 Å². The van der Waals surface area contributed by atoms with E-state index in [0.717, 1.165) is 55.3 Å². The first-order chi connectivity index (χ1) is 13.1. The number of anilines is 1. The summed E-state index contributed by atoms with van der Waals surface area (Å²) in [4.78, 5) is 15.4. The van der Waals surface area contributed by atoms with Crippen molar-refractivity contribution in [3.05, 3.63) is 59.2 Å². The van der Waals surface area contributed by atoms with Crippen molar-refractivity contribution in [1.29, 1.82) is 0 Å². The third-order valence-electron chi connectivity index (χ3n) is 5.45. The summed E-state index contributed by atoms with van der Waals surface area (Å²) in [7, 11) is 1.73. The van der Waals surface area contributed by atoms with Gasteiger partial charge in [0.05, 0.1) is 7.11 Å². The molecule has 1 fully saturated rings. The Morgan fingerprint density at radius 1 is 0.963 bits per heavy atom. The second-order valence-corrected chi connectivity index (χ2v) is 7.48. The standard InChI is InChI=1S/C22H29N3O2/c1-17-7-6-8-18(2)22(17)23-21(26)16-25-13-11-24(12-14-25)15-19-9-4-5-10-20(19)27-3/h4-10H,11-16H2,1-3H3,(H,23,26)/p+2. The number of amides is 1. The first-order valence-electron chi connectivity index (χ1n) is 9.72. The van der Waals surface area contributed by atoms with E-state index in [1.165, 1.54) is 10.5 Å². The number of para-hydroxylation sites is 2. The third kappa shape index (κ3) is 5.08. The van der Waals surface area contributed by atoms with Crippen LogP contribution in [0.3, 0.4) is 0 Å². The number of hydrogen-bond acceptors (Lipinski definition) is 2. The van der Waals surface area contributed by atoms with Crippen LogP contribution in [0.25, 0.3) is 0 Å². The zero-order chi connectivity index (χ0) is 19.2. The Labute approximate surface area is 161 Å². The van der Waals surface area contributed by atoms with Gasteiger partial charge in [-0.1, -0.05) is 30.3 Å². The molecule has 5 nitrogen and oxygen atoms in total. The molecule has 0 spiro atoms. The third-order valence-corrected chi connectivity index (χ3v) is 5.45. The molecule has 3 N–H and O–H groups in total. The second kappa shape index (κ2) is 9.02. The molecule has 0 bridgehead atoms. The number of methoxy groups -OCH3 is 1. The molecule has 3 rings (SSSR count). The van der Waals surface area contributed by atoms with Gasteiger partial charge in [0.2, 0.25) is 0 Å². The summed E-state index contributed by atoms with van der Waals surface area (Å²) in [6, 6.07) is 14.3. The van der Waals surface area contributed by atoms with Crippen LogP contribution in [0.5, 0.6) is 5.75 Å². The number of ether oxygens (including phenoxy) is 1. The van der Waals surface area contributed by atoms with Gasteiger partial charge >= 0.3 is 0 Å². The zero-order valence-electron chi connectivity index (χ0n) is 16.6. The van der Waals surface area contributed by atoms with Gasteiger partial charge in [0, 0.05) is 11.3 Å². The van der Waals surface area contributed by atoms with Gasteiger partial charge in [-0.15, -0.1) is 0 Å². The Bertz CT molecular complexity index is 763. The molecule has 1 heterocycles. The van der Waals surface area contributed by atoms with E-state index in [-0.39, 0.29) is 5.91 Å². The van der Waals surface area contributed by atoms with E-state index in [1.807, 2.05) is 44.2 Å². The van der Waals surface area contributed by atoms with Crippen molar-refractivity contribution in [2.75, 3.05) is 45.2 Å². The van der Waals surface area contributed by atoms with Crippen molar-refractivity contribution in [2.24, 2.45) is 0 Å². The molecular weight excluding hydrogens is 338 g/mol. The predicted octanol–water partition coefficient (Wildman–Crippen LogP) is 0.234. The van der Waals surface area contributed by atoms with Crippen LogP contribution in [0.15, 0.2) is 42.5 Å². The van der Waals surface area contributed by atoms with Crippen molar-refractivity contribution in [2.45, 2.75) is 20.4 Å². The van der Waals surface area contributed by atoms with Gasteiger partial charge in [-0.25, -0.2) is 0 Å². The highest BCUT2D eigenvalue weighted by molar-refractivity contribution is 5.93. The summed E-state index contributed by atoms with van der Waals surface area (Å²) in [5, 5.41) is 3.11. The zero-order valence-corrected chi connectivity index (χ0v) is 16.6. The SMILES string of the molecule is COc1ccccc1C[NH+]1CC[NH+](CC(=O)Nc2c(C)cccc2C)CC1. The number of benzene rings is 2. The summed E-state index contributed by atoms with van der Waals surface area (Å²) in [6.45, 7) is 9.77. The lowest BCUT2D eigenvalue weighted by atomic mass is 10.1. The normalized spacial score (nSPS) is 19.5. The quantitative estimate of drug-likeness (QED) is 0.683. The Hall–Kier alpha value is -2.37. The van der Waals surface area contributed by atoms with Gasteiger partial charge in [0.15, 0.2) is 6.54 Å². The van der Waals surface area contributed by atoms with Crippen LogP contribution in [0, 0.1) is 13.8 Å². The summed E-state index contributed by atoms with van der Waals surface area (Å²) in [5.41, 5.74) is 4.45. The fourth-order valence-electron chi connectivity index (χ4n) is 3.85. The van der Waals surface area contributed by atoms with E-state index >= 15 is 0 Å². The summed E-state index contributed by atoms with van der Waals surface area (Å²) < 4.78 is 5.46. The van der Waals surface area contributed by atoms with E-state index in [4.69, 9.17) is 4.74 Å². The number of nitrogens with one attached hydrogen (secondary N) is 3. The highest BCUT2D eigenvalue weighted by atomic mass is 16.5. The summed E-state index contributed by atoms with van der Waals surface area (Å²) in [6.07, 6.45) is 0. The Morgan fingerprint density at radius 2 is 1.59 bits per heavy atom. The Kier molecular flexibility index (Phi) is 6.48. The average molecular weight is 370 g/mol. The smallest absolute Gasteiger partial charge is 0.279 e. The maximum Gasteiger partial charge on any atom is 0.279 e. The van der Waals surface area contributed by atoms with Crippen LogP contribution in [0.2, 0.25) is 0 Å². The van der Waals surface area contributed by atoms with Crippen LogP contribution in [-0.2, 0) is 11.3 Å². The molecule has 144 valence electrons. The van der Waals surface area contributed by atoms with Gasteiger partial charge < -0.3 is 19.9 Å². The van der Waals surface area contributed by atoms with Gasteiger partial charge in [0.1, 0.15) is 38.5 Å². The van der Waals surface area contributed by atoms with Crippen LogP contribution < -0.4 is 19.9 Å². The number of piperazine rings is 1. The topological polar surface area (TPSA) is 47.2 Å². The number of carbonyl (C=O) groups excluding carboxylic acids is 1. The van der Waals surface area contributed by atoms with Crippen molar-refractivity contribution >= 4 is 11.6 Å².